The van der Waals surface area contributed by atoms with Crippen molar-refractivity contribution in [3.8, 4) is 0 Å². The Balaban J connectivity index is 2.70. The zero-order valence-electron chi connectivity index (χ0n) is 8.33. The fraction of sp³-hybridized carbons (Fsp3) is 0.300. The molecule has 0 aliphatic rings. The zero-order valence-corrected chi connectivity index (χ0v) is 9.91. The van der Waals surface area contributed by atoms with Gasteiger partial charge in [0, 0.05) is 22.3 Å². The van der Waals surface area contributed by atoms with Gasteiger partial charge in [-0.05, 0) is 41.1 Å². The van der Waals surface area contributed by atoms with Crippen LogP contribution in [0, 0.1) is 0 Å². The summed E-state index contributed by atoms with van der Waals surface area (Å²) in [5.41, 5.74) is 6.69. The number of hydrogen-bond donors (Lipinski definition) is 3. The quantitative estimate of drug-likeness (QED) is 0.723. The highest BCUT2D eigenvalue weighted by molar-refractivity contribution is 9.10. The minimum atomic E-state index is -0.550. The van der Waals surface area contributed by atoms with Crippen LogP contribution < -0.4 is 11.1 Å². The van der Waals surface area contributed by atoms with Gasteiger partial charge in [-0.25, -0.2) is 0 Å². The number of aliphatic hydroxyl groups excluding tert-OH is 1. The van der Waals surface area contributed by atoms with Crippen molar-refractivity contribution in [3.05, 3.63) is 28.2 Å². The molecule has 1 amide bonds. The fourth-order valence-electron chi connectivity index (χ4n) is 1.01. The van der Waals surface area contributed by atoms with E-state index in [-0.39, 0.29) is 12.5 Å². The molecular weight excluding hydrogens is 260 g/mol. The number of amides is 1. The smallest absolute Gasteiger partial charge is 0.251 e. The lowest BCUT2D eigenvalue weighted by molar-refractivity contribution is 0.0924. The number of rotatable bonds is 3. The average molecular weight is 273 g/mol. The lowest BCUT2D eigenvalue weighted by atomic mass is 10.2. The van der Waals surface area contributed by atoms with Gasteiger partial charge in [0.05, 0.1) is 6.10 Å². The maximum Gasteiger partial charge on any atom is 0.251 e. The molecule has 4 N–H and O–H groups in total. The molecule has 0 saturated heterocycles. The van der Waals surface area contributed by atoms with E-state index in [1.54, 1.807) is 25.1 Å². The van der Waals surface area contributed by atoms with Gasteiger partial charge in [-0.15, -0.1) is 0 Å². The maximum atomic E-state index is 11.5. The number of carbonyl (C=O) groups excluding carboxylic acids is 1. The van der Waals surface area contributed by atoms with Crippen molar-refractivity contribution >= 4 is 27.5 Å². The zero-order chi connectivity index (χ0) is 11.4. The Kier molecular flexibility index (Phi) is 4.11. The minimum Gasteiger partial charge on any atom is -0.398 e. The van der Waals surface area contributed by atoms with Crippen molar-refractivity contribution in [1.29, 1.82) is 0 Å². The predicted octanol–water partition coefficient (Wildman–Crippen LogP) is 1.14. The average Bonchev–Trinajstić information content (AvgIpc) is 2.18. The van der Waals surface area contributed by atoms with E-state index in [9.17, 15) is 4.79 Å². The van der Waals surface area contributed by atoms with Gasteiger partial charge in [0.1, 0.15) is 0 Å². The highest BCUT2D eigenvalue weighted by atomic mass is 79.9. The molecule has 82 valence electrons. The first kappa shape index (κ1) is 12.0. The van der Waals surface area contributed by atoms with Crippen molar-refractivity contribution in [1.82, 2.24) is 5.32 Å². The topological polar surface area (TPSA) is 75.3 Å². The Morgan fingerprint density at radius 2 is 2.33 bits per heavy atom. The molecule has 0 unspecified atom stereocenters. The Morgan fingerprint density at radius 1 is 1.67 bits per heavy atom. The third kappa shape index (κ3) is 3.53. The number of carbonyl (C=O) groups is 1. The number of nitrogens with one attached hydrogen (secondary N) is 1. The van der Waals surface area contributed by atoms with E-state index in [4.69, 9.17) is 10.8 Å². The molecule has 0 fully saturated rings. The van der Waals surface area contributed by atoms with Crippen LogP contribution >= 0.6 is 15.9 Å². The molecule has 0 heterocycles. The van der Waals surface area contributed by atoms with E-state index < -0.39 is 6.10 Å². The monoisotopic (exact) mass is 272 g/mol. The second-order valence-corrected chi connectivity index (χ2v) is 4.15. The van der Waals surface area contributed by atoms with Crippen LogP contribution in [0.4, 0.5) is 5.69 Å². The maximum absolute atomic E-state index is 11.5. The van der Waals surface area contributed by atoms with Gasteiger partial charge < -0.3 is 16.2 Å². The molecule has 0 bridgehead atoms. The molecule has 4 nitrogen and oxygen atoms in total. The van der Waals surface area contributed by atoms with Gasteiger partial charge in [-0.2, -0.15) is 0 Å². The summed E-state index contributed by atoms with van der Waals surface area (Å²) < 4.78 is 0.687. The van der Waals surface area contributed by atoms with E-state index in [0.717, 1.165) is 0 Å². The van der Waals surface area contributed by atoms with E-state index >= 15 is 0 Å². The molecule has 1 aromatic rings. The van der Waals surface area contributed by atoms with Crippen LogP contribution in [0.3, 0.4) is 0 Å². The van der Waals surface area contributed by atoms with Crippen LogP contribution in [0.25, 0.3) is 0 Å². The SMILES string of the molecule is C[C@@H](O)CNC(=O)c1ccc(N)c(Br)c1. The summed E-state index contributed by atoms with van der Waals surface area (Å²) in [5, 5.41) is 11.6. The van der Waals surface area contributed by atoms with E-state index in [2.05, 4.69) is 21.2 Å². The molecule has 0 saturated carbocycles. The number of halogens is 1. The van der Waals surface area contributed by atoms with Crippen LogP contribution in [-0.2, 0) is 0 Å². The Labute approximate surface area is 96.6 Å². The lowest BCUT2D eigenvalue weighted by Crippen LogP contribution is -2.30. The molecule has 0 aliphatic carbocycles. The molecule has 0 aromatic heterocycles. The summed E-state index contributed by atoms with van der Waals surface area (Å²) in [4.78, 5) is 11.5. The largest absolute Gasteiger partial charge is 0.398 e. The first-order valence-electron chi connectivity index (χ1n) is 4.52. The van der Waals surface area contributed by atoms with Crippen LogP contribution in [0.2, 0.25) is 0 Å². The van der Waals surface area contributed by atoms with Gasteiger partial charge in [0.25, 0.3) is 5.91 Å². The minimum absolute atomic E-state index is 0.225. The van der Waals surface area contributed by atoms with Gasteiger partial charge in [0.2, 0.25) is 0 Å². The second-order valence-electron chi connectivity index (χ2n) is 3.30. The number of nitrogens with two attached hydrogens (primary N) is 1. The molecule has 1 rings (SSSR count). The molecule has 0 spiro atoms. The summed E-state index contributed by atoms with van der Waals surface area (Å²) in [6.07, 6.45) is -0.550. The van der Waals surface area contributed by atoms with Crippen LogP contribution in [0.15, 0.2) is 22.7 Å². The van der Waals surface area contributed by atoms with Crippen molar-refractivity contribution in [3.63, 3.8) is 0 Å². The van der Waals surface area contributed by atoms with Crippen LogP contribution in [0.1, 0.15) is 17.3 Å². The standard InChI is InChI=1S/C10H13BrN2O2/c1-6(14)5-13-10(15)7-2-3-9(12)8(11)4-7/h2-4,6,14H,5,12H2,1H3,(H,13,15)/t6-/m1/s1. The van der Waals surface area contributed by atoms with Gasteiger partial charge in [-0.1, -0.05) is 0 Å². The highest BCUT2D eigenvalue weighted by Crippen LogP contribution is 2.20. The molecule has 0 aliphatic heterocycles. The number of hydrogen-bond acceptors (Lipinski definition) is 3. The second kappa shape index (κ2) is 5.14. The van der Waals surface area contributed by atoms with E-state index in [1.165, 1.54) is 0 Å². The molecular formula is C10H13BrN2O2. The lowest BCUT2D eigenvalue weighted by Gasteiger charge is -2.07. The van der Waals surface area contributed by atoms with Crippen molar-refractivity contribution < 1.29 is 9.90 Å². The normalized spacial score (nSPS) is 12.2. The Bertz CT molecular complexity index is 366. The number of benzene rings is 1. The first-order chi connectivity index (χ1) is 7.00. The first-order valence-corrected chi connectivity index (χ1v) is 5.31. The van der Waals surface area contributed by atoms with Crippen molar-refractivity contribution in [2.24, 2.45) is 0 Å². The van der Waals surface area contributed by atoms with Crippen LogP contribution in [-0.4, -0.2) is 23.7 Å². The summed E-state index contributed by atoms with van der Waals surface area (Å²) in [7, 11) is 0. The Morgan fingerprint density at radius 3 is 2.87 bits per heavy atom. The third-order valence-corrected chi connectivity index (χ3v) is 2.51. The van der Waals surface area contributed by atoms with E-state index in [1.807, 2.05) is 0 Å². The molecule has 0 radical (unpaired) electrons. The van der Waals surface area contributed by atoms with Gasteiger partial charge in [0.15, 0.2) is 0 Å². The summed E-state index contributed by atoms with van der Waals surface area (Å²) in [6.45, 7) is 1.85. The third-order valence-electron chi connectivity index (χ3n) is 1.82. The molecule has 15 heavy (non-hydrogen) atoms. The van der Waals surface area contributed by atoms with Crippen molar-refractivity contribution in [2.75, 3.05) is 12.3 Å². The Hall–Kier alpha value is -1.07. The van der Waals surface area contributed by atoms with Gasteiger partial charge >= 0.3 is 0 Å². The number of anilines is 1. The van der Waals surface area contributed by atoms with E-state index in [0.29, 0.717) is 15.7 Å². The summed E-state index contributed by atoms with van der Waals surface area (Å²) in [6, 6.07) is 4.94. The number of nitrogen functional groups attached to an aromatic ring is 1. The fourth-order valence-corrected chi connectivity index (χ4v) is 1.39. The number of aliphatic hydroxyl groups is 1. The molecule has 1 aromatic carbocycles. The highest BCUT2D eigenvalue weighted by Gasteiger charge is 2.07. The van der Waals surface area contributed by atoms with Crippen molar-refractivity contribution in [2.45, 2.75) is 13.0 Å². The summed E-state index contributed by atoms with van der Waals surface area (Å²) >= 11 is 3.24. The summed E-state index contributed by atoms with van der Waals surface area (Å²) in [5.74, 6) is -0.225. The molecule has 5 heteroatoms. The van der Waals surface area contributed by atoms with Crippen LogP contribution in [0.5, 0.6) is 0 Å². The molecule has 1 atom stereocenters. The predicted molar refractivity (Wildman–Crippen MR) is 62.6 cm³/mol. The van der Waals surface area contributed by atoms with Gasteiger partial charge in [-0.3, -0.25) is 4.79 Å².